The molecule has 2 heterocycles. The van der Waals surface area contributed by atoms with Gasteiger partial charge in [0.05, 0.1) is 12.1 Å². The van der Waals surface area contributed by atoms with E-state index in [9.17, 15) is 19.1 Å². The van der Waals surface area contributed by atoms with E-state index < -0.39 is 17.3 Å². The van der Waals surface area contributed by atoms with E-state index in [1.807, 2.05) is 0 Å². The Kier molecular flexibility index (Phi) is 4.22. The van der Waals surface area contributed by atoms with Gasteiger partial charge in [-0.1, -0.05) is 0 Å². The molecule has 5 fully saturated rings. The molecule has 6 rings (SSSR count). The Morgan fingerprint density at radius 3 is 2.62 bits per heavy atom. The summed E-state index contributed by atoms with van der Waals surface area (Å²) in [5.41, 5.74) is 5.40. The van der Waals surface area contributed by atoms with Crippen LogP contribution in [-0.2, 0) is 4.79 Å². The normalized spacial score (nSPS) is 40.2. The Labute approximate surface area is 168 Å². The highest BCUT2D eigenvalue weighted by Crippen LogP contribution is 2.63. The number of nitrogens with zero attached hydrogens (tertiary/aromatic N) is 2. The van der Waals surface area contributed by atoms with E-state index in [1.165, 1.54) is 23.2 Å². The van der Waals surface area contributed by atoms with Gasteiger partial charge in [-0.2, -0.15) is 0 Å². The first-order valence-electron chi connectivity index (χ1n) is 10.5. The first-order valence-corrected chi connectivity index (χ1v) is 10.5. The summed E-state index contributed by atoms with van der Waals surface area (Å²) < 4.78 is 14.2. The zero-order valence-corrected chi connectivity index (χ0v) is 16.3. The maximum Gasteiger partial charge on any atom is 0.407 e. The van der Waals surface area contributed by atoms with Crippen molar-refractivity contribution >= 4 is 17.8 Å². The van der Waals surface area contributed by atoms with Crippen LogP contribution >= 0.6 is 0 Å². The topological polar surface area (TPSA) is 109 Å². The minimum absolute atomic E-state index is 0.168. The Morgan fingerprint density at radius 1 is 1.28 bits per heavy atom. The zero-order valence-electron chi connectivity index (χ0n) is 16.3. The van der Waals surface area contributed by atoms with E-state index in [0.717, 1.165) is 32.1 Å². The number of carbonyl (C=O) groups is 2. The maximum atomic E-state index is 14.2. The first kappa shape index (κ1) is 18.6. The summed E-state index contributed by atoms with van der Waals surface area (Å²) in [5.74, 6) is 0.803. The van der Waals surface area contributed by atoms with Gasteiger partial charge < -0.3 is 21.1 Å². The van der Waals surface area contributed by atoms with E-state index in [4.69, 9.17) is 5.73 Å². The van der Waals surface area contributed by atoms with Crippen molar-refractivity contribution in [3.05, 3.63) is 24.1 Å². The Bertz CT molecular complexity index is 833. The molecule has 4 N–H and O–H groups in total. The number of pyridine rings is 1. The maximum absolute atomic E-state index is 14.2. The molecule has 156 valence electrons. The Morgan fingerprint density at radius 2 is 2.00 bits per heavy atom. The van der Waals surface area contributed by atoms with Gasteiger partial charge in [0.1, 0.15) is 0 Å². The second-order valence-electron chi connectivity index (χ2n) is 9.53. The number of likely N-dealkylation sites (tertiary alicyclic amines) is 1. The standard InChI is InChI=1S/C21H27FN4O3/c22-14-2-1-4-24-18(14)25-15-3-5-26(20(28)29)17(15)16-12-6-11-7-13(16)10-21(8-11,9-12)19(23)27/h1-2,4,11-13,15-17H,3,5-10H2,(H2,23,27)(H,24,25)(H,28,29)/t11?,12-,13?,15?,16?,17-,21-/m0/s1. The SMILES string of the molecule is NC(=O)[C@]12CC3CC(C1)C([C@@H]1C(Nc4ncccc4F)CCN1C(=O)O)[C@@H](C3)C2. The van der Waals surface area contributed by atoms with E-state index in [-0.39, 0.29) is 41.6 Å². The number of rotatable bonds is 4. The number of nitrogens with one attached hydrogen (secondary N) is 1. The number of primary amides is 1. The number of carbonyl (C=O) groups excluding carboxylic acids is 1. The van der Waals surface area contributed by atoms with Crippen LogP contribution in [0.4, 0.5) is 15.0 Å². The lowest BCUT2D eigenvalue weighted by molar-refractivity contribution is -0.154. The predicted octanol–water partition coefficient (Wildman–Crippen LogP) is 2.68. The third-order valence-electron chi connectivity index (χ3n) is 8.04. The quantitative estimate of drug-likeness (QED) is 0.718. The molecule has 1 aliphatic heterocycles. The summed E-state index contributed by atoms with van der Waals surface area (Å²) >= 11 is 0. The van der Waals surface area contributed by atoms with Crippen LogP contribution in [0, 0.1) is 34.9 Å². The molecule has 4 aliphatic carbocycles. The van der Waals surface area contributed by atoms with Crippen molar-refractivity contribution < 1.29 is 19.1 Å². The second kappa shape index (κ2) is 6.57. The second-order valence-corrected chi connectivity index (χ2v) is 9.53. The van der Waals surface area contributed by atoms with E-state index >= 15 is 0 Å². The highest BCUT2D eigenvalue weighted by molar-refractivity contribution is 5.81. The summed E-state index contributed by atoms with van der Waals surface area (Å²) in [6.07, 6.45) is 5.69. The summed E-state index contributed by atoms with van der Waals surface area (Å²) in [4.78, 5) is 29.9. The molecular formula is C21H27FN4O3. The van der Waals surface area contributed by atoms with Crippen LogP contribution in [0.5, 0.6) is 0 Å². The smallest absolute Gasteiger partial charge is 0.407 e. The largest absolute Gasteiger partial charge is 0.465 e. The number of halogens is 1. The lowest BCUT2D eigenvalue weighted by Crippen LogP contribution is -2.61. The van der Waals surface area contributed by atoms with Crippen LogP contribution in [-0.4, -0.2) is 45.6 Å². The molecule has 1 aromatic rings. The molecule has 7 nitrogen and oxygen atoms in total. The van der Waals surface area contributed by atoms with Crippen LogP contribution < -0.4 is 11.1 Å². The molecule has 8 heteroatoms. The molecule has 0 radical (unpaired) electrons. The number of anilines is 1. The van der Waals surface area contributed by atoms with Crippen LogP contribution in [0.25, 0.3) is 0 Å². The van der Waals surface area contributed by atoms with Crippen molar-refractivity contribution in [3.63, 3.8) is 0 Å². The number of hydrogen-bond acceptors (Lipinski definition) is 4. The fourth-order valence-electron chi connectivity index (χ4n) is 7.26. The van der Waals surface area contributed by atoms with E-state index in [1.54, 1.807) is 0 Å². The third-order valence-corrected chi connectivity index (χ3v) is 8.04. The number of amides is 2. The van der Waals surface area contributed by atoms with Crippen molar-refractivity contribution in [1.29, 1.82) is 0 Å². The van der Waals surface area contributed by atoms with Crippen LogP contribution in [0.1, 0.15) is 38.5 Å². The Balaban J connectivity index is 1.46. The van der Waals surface area contributed by atoms with Crippen molar-refractivity contribution in [2.75, 3.05) is 11.9 Å². The van der Waals surface area contributed by atoms with Gasteiger partial charge >= 0.3 is 6.09 Å². The van der Waals surface area contributed by atoms with E-state index in [0.29, 0.717) is 18.9 Å². The van der Waals surface area contributed by atoms with Gasteiger partial charge in [-0.25, -0.2) is 14.2 Å². The molecular weight excluding hydrogens is 375 g/mol. The molecule has 1 aromatic heterocycles. The molecule has 0 aromatic carbocycles. The van der Waals surface area contributed by atoms with Crippen LogP contribution in [0.2, 0.25) is 0 Å². The fourth-order valence-corrected chi connectivity index (χ4v) is 7.26. The number of aromatic nitrogens is 1. The van der Waals surface area contributed by atoms with Crippen LogP contribution in [0.3, 0.4) is 0 Å². The molecule has 7 atom stereocenters. The molecule has 2 amide bonds. The number of hydrogen-bond donors (Lipinski definition) is 3. The highest BCUT2D eigenvalue weighted by atomic mass is 19.1. The molecule has 4 saturated carbocycles. The highest BCUT2D eigenvalue weighted by Gasteiger charge is 2.61. The average Bonchev–Trinajstić information content (AvgIpc) is 3.06. The summed E-state index contributed by atoms with van der Waals surface area (Å²) in [6.45, 7) is 0.423. The monoisotopic (exact) mass is 402 g/mol. The van der Waals surface area contributed by atoms with Crippen molar-refractivity contribution in [1.82, 2.24) is 9.88 Å². The molecule has 5 aliphatic rings. The zero-order chi connectivity index (χ0) is 20.3. The molecule has 1 saturated heterocycles. The first-order chi connectivity index (χ1) is 13.9. The average molecular weight is 402 g/mol. The Hall–Kier alpha value is -2.38. The van der Waals surface area contributed by atoms with Gasteiger partial charge in [0.25, 0.3) is 0 Å². The lowest BCUT2D eigenvalue weighted by atomic mass is 9.44. The molecule has 0 spiro atoms. The van der Waals surface area contributed by atoms with Gasteiger partial charge in [-0.15, -0.1) is 0 Å². The van der Waals surface area contributed by atoms with E-state index in [2.05, 4.69) is 10.3 Å². The summed E-state index contributed by atoms with van der Waals surface area (Å²) in [5, 5.41) is 13.1. The third kappa shape index (κ3) is 2.87. The van der Waals surface area contributed by atoms with Gasteiger partial charge in [0.2, 0.25) is 5.91 Å². The molecule has 4 unspecified atom stereocenters. The fraction of sp³-hybridized carbons (Fsp3) is 0.667. The summed E-state index contributed by atoms with van der Waals surface area (Å²) in [6, 6.07) is 2.46. The minimum atomic E-state index is -0.931. The van der Waals surface area contributed by atoms with Gasteiger partial charge in [0, 0.05) is 18.2 Å². The van der Waals surface area contributed by atoms with Crippen molar-refractivity contribution in [3.8, 4) is 0 Å². The number of nitrogens with two attached hydrogens (primary N) is 1. The minimum Gasteiger partial charge on any atom is -0.465 e. The van der Waals surface area contributed by atoms with Crippen LogP contribution in [0.15, 0.2) is 18.3 Å². The van der Waals surface area contributed by atoms with Crippen molar-refractivity contribution in [2.24, 2.45) is 34.8 Å². The molecule has 4 bridgehead atoms. The predicted molar refractivity (Wildman–Crippen MR) is 103 cm³/mol. The van der Waals surface area contributed by atoms with Crippen molar-refractivity contribution in [2.45, 2.75) is 50.6 Å². The summed E-state index contributed by atoms with van der Waals surface area (Å²) in [7, 11) is 0. The van der Waals surface area contributed by atoms with Gasteiger partial charge in [-0.3, -0.25) is 4.79 Å². The lowest BCUT2D eigenvalue weighted by Gasteiger charge is -2.61. The number of carboxylic acid groups (broad SMARTS) is 1. The molecule has 29 heavy (non-hydrogen) atoms. The van der Waals surface area contributed by atoms with Gasteiger partial charge in [-0.05, 0) is 74.3 Å². The van der Waals surface area contributed by atoms with Gasteiger partial charge in [0.15, 0.2) is 11.6 Å².